The van der Waals surface area contributed by atoms with Crippen molar-refractivity contribution >= 4 is 25.6 Å². The van der Waals surface area contributed by atoms with E-state index < -0.39 is 13.4 Å². The third-order valence-corrected chi connectivity index (χ3v) is 5.33. The summed E-state index contributed by atoms with van der Waals surface area (Å²) >= 11 is 0. The molecule has 1 atom stereocenters. The second-order valence-corrected chi connectivity index (χ2v) is 7.64. The highest BCUT2D eigenvalue weighted by molar-refractivity contribution is 6.32. The van der Waals surface area contributed by atoms with Crippen molar-refractivity contribution in [3.05, 3.63) is 41.7 Å². The molecule has 0 radical (unpaired) electrons. The molecule has 1 aliphatic heterocycles. The van der Waals surface area contributed by atoms with Crippen LogP contribution in [-0.4, -0.2) is 86.1 Å². The van der Waals surface area contributed by atoms with Crippen LogP contribution in [0.1, 0.15) is 36.7 Å². The van der Waals surface area contributed by atoms with Crippen LogP contribution in [0.15, 0.2) is 30.3 Å². The van der Waals surface area contributed by atoms with Gasteiger partial charge in [-0.15, -0.1) is 17.5 Å². The molecule has 4 N–H and O–H groups in total. The highest BCUT2D eigenvalue weighted by Gasteiger charge is 2.24. The Morgan fingerprint density at radius 1 is 1.16 bits per heavy atom. The topological polar surface area (TPSA) is 143 Å². The van der Waals surface area contributed by atoms with Gasteiger partial charge in [-0.2, -0.15) is 0 Å². The van der Waals surface area contributed by atoms with Crippen LogP contribution in [-0.2, 0) is 22.5 Å². The molecule has 0 bridgehead atoms. The third kappa shape index (κ3) is 8.12. The van der Waals surface area contributed by atoms with E-state index in [1.807, 2.05) is 23.1 Å². The Morgan fingerprint density at radius 3 is 2.56 bits per heavy atom. The fourth-order valence-corrected chi connectivity index (χ4v) is 3.60. The minimum Gasteiger partial charge on any atom is -0.402 e. The predicted octanol–water partition coefficient (Wildman–Crippen LogP) is -0.404. The Labute approximate surface area is 194 Å². The van der Waals surface area contributed by atoms with Gasteiger partial charge in [-0.3, -0.25) is 9.69 Å². The van der Waals surface area contributed by atoms with Crippen LogP contribution in [0.5, 0.6) is 0 Å². The van der Waals surface area contributed by atoms with Gasteiger partial charge in [-0.25, -0.2) is 4.68 Å². The molecule has 0 saturated carbocycles. The molecule has 2 heterocycles. The molecule has 1 fully saturated rings. The Kier molecular flexibility index (Phi) is 11.0. The van der Waals surface area contributed by atoms with Gasteiger partial charge in [-0.1, -0.05) is 30.3 Å². The Morgan fingerprint density at radius 2 is 1.88 bits per heavy atom. The molecule has 32 heavy (non-hydrogen) atoms. The van der Waals surface area contributed by atoms with Crippen LogP contribution in [0, 0.1) is 0 Å². The van der Waals surface area contributed by atoms with Crippen LogP contribution in [0.4, 0.5) is 0 Å². The van der Waals surface area contributed by atoms with Crippen molar-refractivity contribution in [2.24, 2.45) is 5.73 Å². The molecule has 13 heteroatoms. The normalized spacial score (nSPS) is 15.3. The first kappa shape index (κ1) is 26.2. The maximum Gasteiger partial charge on any atom is 0.633 e. The molecule has 11 nitrogen and oxygen atoms in total. The maximum absolute atomic E-state index is 12.8. The van der Waals surface area contributed by atoms with Gasteiger partial charge < -0.3 is 25.3 Å². The number of piperazine rings is 1. The molecular weight excluding hydrogens is 437 g/mol. The van der Waals surface area contributed by atoms with Crippen LogP contribution in [0.2, 0.25) is 0 Å². The Balaban J connectivity index is 0.00000363. The van der Waals surface area contributed by atoms with E-state index in [9.17, 15) is 4.79 Å². The number of tetrazole rings is 1. The lowest BCUT2D eigenvalue weighted by Crippen LogP contribution is -2.49. The molecule has 1 saturated heterocycles. The van der Waals surface area contributed by atoms with E-state index >= 15 is 0 Å². The van der Waals surface area contributed by atoms with Crippen LogP contribution in [0.3, 0.4) is 0 Å². The minimum atomic E-state index is -1.76. The number of nitrogens with zero attached hydrogens (tertiary/aromatic N) is 6. The second-order valence-electron chi connectivity index (χ2n) is 7.64. The zero-order chi connectivity index (χ0) is 22.1. The summed E-state index contributed by atoms with van der Waals surface area (Å²) in [5.74, 6) is 0.449. The van der Waals surface area contributed by atoms with Crippen molar-refractivity contribution in [2.45, 2.75) is 38.4 Å². The highest BCUT2D eigenvalue weighted by atomic mass is 35.5. The highest BCUT2D eigenvalue weighted by Crippen LogP contribution is 2.15. The maximum atomic E-state index is 12.8. The summed E-state index contributed by atoms with van der Waals surface area (Å²) in [6, 6.07) is 9.90. The van der Waals surface area contributed by atoms with Gasteiger partial charge in [0.15, 0.2) is 5.82 Å². The standard InChI is InChI=1S/C19H30BN7O4.ClH/c21-17(8-4-5-13-31-20(29)30)19-22-23-24-27(19)15-18(28)26-11-9-25(10-12-26)14-16-6-2-1-3-7-16;/h1-3,6-7,17,29-30H,4-5,8-15,21H2;1H. The van der Waals surface area contributed by atoms with E-state index in [-0.39, 0.29) is 31.5 Å². The molecule has 1 unspecified atom stereocenters. The Bertz CT molecular complexity index is 806. The van der Waals surface area contributed by atoms with Crippen LogP contribution < -0.4 is 5.73 Å². The molecule has 1 amide bonds. The summed E-state index contributed by atoms with van der Waals surface area (Å²) in [6.07, 6.45) is 1.93. The predicted molar refractivity (Wildman–Crippen MR) is 120 cm³/mol. The van der Waals surface area contributed by atoms with Crippen molar-refractivity contribution < 1.29 is 19.5 Å². The van der Waals surface area contributed by atoms with Gasteiger partial charge in [0.05, 0.1) is 6.04 Å². The first-order valence-corrected chi connectivity index (χ1v) is 10.6. The number of amides is 1. The van der Waals surface area contributed by atoms with E-state index in [0.717, 1.165) is 19.6 Å². The van der Waals surface area contributed by atoms with E-state index in [4.69, 9.17) is 15.8 Å². The lowest BCUT2D eigenvalue weighted by molar-refractivity contribution is -0.133. The van der Waals surface area contributed by atoms with E-state index in [1.165, 1.54) is 10.2 Å². The summed E-state index contributed by atoms with van der Waals surface area (Å²) in [7, 11) is -1.76. The van der Waals surface area contributed by atoms with Crippen LogP contribution in [0.25, 0.3) is 0 Å². The number of rotatable bonds is 11. The van der Waals surface area contributed by atoms with Gasteiger partial charge >= 0.3 is 7.32 Å². The van der Waals surface area contributed by atoms with Crippen molar-refractivity contribution in [3.8, 4) is 0 Å². The summed E-state index contributed by atoms with van der Waals surface area (Å²) in [5.41, 5.74) is 7.47. The quantitative estimate of drug-likeness (QED) is 0.297. The van der Waals surface area contributed by atoms with E-state index in [2.05, 4.69) is 37.2 Å². The number of carbonyl (C=O) groups excluding carboxylic acids is 1. The first-order valence-electron chi connectivity index (χ1n) is 10.6. The molecular formula is C19H31BClN7O4. The monoisotopic (exact) mass is 467 g/mol. The molecule has 1 aromatic heterocycles. The SMILES string of the molecule is Cl.NC(CCCCOB(O)O)c1nnnn1CC(=O)N1CCN(Cc2ccccc2)CC1. The molecule has 3 rings (SSSR count). The lowest BCUT2D eigenvalue weighted by atomic mass is 10.1. The smallest absolute Gasteiger partial charge is 0.402 e. The number of unbranched alkanes of at least 4 members (excludes halogenated alkanes) is 1. The van der Waals surface area contributed by atoms with Crippen molar-refractivity contribution in [1.29, 1.82) is 0 Å². The summed E-state index contributed by atoms with van der Waals surface area (Å²) in [5, 5.41) is 28.9. The molecule has 2 aromatic rings. The lowest BCUT2D eigenvalue weighted by Gasteiger charge is -2.34. The second kappa shape index (κ2) is 13.5. The fraction of sp³-hybridized carbons (Fsp3) is 0.579. The summed E-state index contributed by atoms with van der Waals surface area (Å²) in [6.45, 7) is 4.17. The average molecular weight is 468 g/mol. The number of hydrogen-bond acceptors (Lipinski definition) is 9. The van der Waals surface area contributed by atoms with Crippen molar-refractivity contribution in [1.82, 2.24) is 30.0 Å². The Hall–Kier alpha value is -2.09. The van der Waals surface area contributed by atoms with Gasteiger partial charge in [-0.05, 0) is 35.3 Å². The van der Waals surface area contributed by atoms with Gasteiger partial charge in [0.25, 0.3) is 0 Å². The first-order chi connectivity index (χ1) is 15.0. The fourth-order valence-electron chi connectivity index (χ4n) is 3.60. The average Bonchev–Trinajstić information content (AvgIpc) is 3.22. The number of benzene rings is 1. The van der Waals surface area contributed by atoms with Gasteiger partial charge in [0, 0.05) is 39.3 Å². The number of hydrogen-bond donors (Lipinski definition) is 3. The molecule has 176 valence electrons. The molecule has 1 aromatic carbocycles. The van der Waals surface area contributed by atoms with Crippen molar-refractivity contribution in [3.63, 3.8) is 0 Å². The minimum absolute atomic E-state index is 0. The molecule has 0 aliphatic carbocycles. The number of aromatic nitrogens is 4. The van der Waals surface area contributed by atoms with Gasteiger partial charge in [0.2, 0.25) is 5.91 Å². The van der Waals surface area contributed by atoms with E-state index in [0.29, 0.717) is 38.2 Å². The van der Waals surface area contributed by atoms with E-state index in [1.54, 1.807) is 0 Å². The van der Waals surface area contributed by atoms with Gasteiger partial charge in [0.1, 0.15) is 6.54 Å². The zero-order valence-corrected chi connectivity index (χ0v) is 18.8. The number of nitrogens with two attached hydrogens (primary N) is 1. The number of halogens is 1. The van der Waals surface area contributed by atoms with Crippen LogP contribution >= 0.6 is 12.4 Å². The largest absolute Gasteiger partial charge is 0.633 e. The summed E-state index contributed by atoms with van der Waals surface area (Å²) < 4.78 is 6.14. The molecule has 0 spiro atoms. The number of carbonyl (C=O) groups is 1. The summed E-state index contributed by atoms with van der Waals surface area (Å²) in [4.78, 5) is 16.9. The zero-order valence-electron chi connectivity index (χ0n) is 18.0. The molecule has 1 aliphatic rings. The van der Waals surface area contributed by atoms with Crippen molar-refractivity contribution in [2.75, 3.05) is 32.8 Å². The third-order valence-electron chi connectivity index (χ3n) is 5.33.